The van der Waals surface area contributed by atoms with Gasteiger partial charge in [0.2, 0.25) is 0 Å². The first-order valence-electron chi connectivity index (χ1n) is 4.82. The van der Waals surface area contributed by atoms with Crippen molar-refractivity contribution in [2.45, 2.75) is 19.8 Å². The number of aryl methyl sites for hydroxylation is 1. The largest absolute Gasteiger partial charge is 0.393 e. The Morgan fingerprint density at radius 3 is 3.00 bits per heavy atom. The summed E-state index contributed by atoms with van der Waals surface area (Å²) in [5.74, 6) is 0.0534. The number of nitrogens with two attached hydrogens (primary N) is 1. The van der Waals surface area contributed by atoms with Crippen LogP contribution in [0.25, 0.3) is 5.65 Å². The number of pyridine rings is 1. The molecule has 2 aromatic heterocycles. The van der Waals surface area contributed by atoms with E-state index < -0.39 is 0 Å². The minimum atomic E-state index is 0.0534. The maximum absolute atomic E-state index is 5.64. The minimum absolute atomic E-state index is 0.0534. The van der Waals surface area contributed by atoms with Gasteiger partial charge in [0.25, 0.3) is 0 Å². The smallest absolute Gasteiger partial charge is 0.137 e. The van der Waals surface area contributed by atoms with Crippen molar-refractivity contribution in [3.8, 4) is 0 Å². The Kier molecular flexibility index (Phi) is 2.44. The summed E-state index contributed by atoms with van der Waals surface area (Å²) in [6.07, 6.45) is 3.83. The summed E-state index contributed by atoms with van der Waals surface area (Å²) in [6, 6.07) is 4.08. The van der Waals surface area contributed by atoms with Crippen LogP contribution in [0.4, 0.5) is 0 Å². The highest BCUT2D eigenvalue weighted by atomic mass is 32.1. The van der Waals surface area contributed by atoms with E-state index in [4.69, 9.17) is 18.0 Å². The summed E-state index contributed by atoms with van der Waals surface area (Å²) in [7, 11) is 0. The molecule has 0 saturated carbocycles. The third-order valence-corrected chi connectivity index (χ3v) is 2.92. The maximum Gasteiger partial charge on any atom is 0.137 e. The van der Waals surface area contributed by atoms with E-state index in [-0.39, 0.29) is 5.92 Å². The fourth-order valence-corrected chi connectivity index (χ4v) is 1.69. The molecule has 3 nitrogen and oxygen atoms in total. The van der Waals surface area contributed by atoms with E-state index in [1.54, 1.807) is 0 Å². The molecule has 15 heavy (non-hydrogen) atoms. The molecule has 0 aliphatic heterocycles. The second-order valence-electron chi connectivity index (χ2n) is 3.74. The number of aromatic nitrogens is 2. The van der Waals surface area contributed by atoms with E-state index in [1.807, 2.05) is 42.8 Å². The van der Waals surface area contributed by atoms with Crippen molar-refractivity contribution >= 4 is 22.9 Å². The van der Waals surface area contributed by atoms with Crippen molar-refractivity contribution in [3.63, 3.8) is 0 Å². The van der Waals surface area contributed by atoms with Gasteiger partial charge in [-0.2, -0.15) is 0 Å². The number of nitrogens with zero attached hydrogens (tertiary/aromatic N) is 2. The normalized spacial score (nSPS) is 12.9. The van der Waals surface area contributed by atoms with Gasteiger partial charge in [-0.05, 0) is 24.6 Å². The molecule has 0 spiro atoms. The Labute approximate surface area is 93.9 Å². The molecule has 0 amide bonds. The third kappa shape index (κ3) is 1.72. The van der Waals surface area contributed by atoms with Crippen LogP contribution in [-0.4, -0.2) is 14.4 Å². The summed E-state index contributed by atoms with van der Waals surface area (Å²) in [6.45, 7) is 4.04. The van der Waals surface area contributed by atoms with Crippen LogP contribution in [0.5, 0.6) is 0 Å². The molecule has 0 fully saturated rings. The first-order chi connectivity index (χ1) is 7.09. The first-order valence-corrected chi connectivity index (χ1v) is 5.23. The van der Waals surface area contributed by atoms with Crippen LogP contribution < -0.4 is 5.73 Å². The first kappa shape index (κ1) is 10.1. The van der Waals surface area contributed by atoms with Gasteiger partial charge in [-0.3, -0.25) is 0 Å². The summed E-state index contributed by atoms with van der Waals surface area (Å²) in [5.41, 5.74) is 8.81. The fourth-order valence-electron chi connectivity index (χ4n) is 1.57. The zero-order valence-electron chi connectivity index (χ0n) is 8.77. The van der Waals surface area contributed by atoms with E-state index in [9.17, 15) is 0 Å². The van der Waals surface area contributed by atoms with E-state index in [0.29, 0.717) is 4.99 Å². The van der Waals surface area contributed by atoms with Gasteiger partial charge in [-0.15, -0.1) is 0 Å². The van der Waals surface area contributed by atoms with Crippen molar-refractivity contribution in [2.75, 3.05) is 0 Å². The van der Waals surface area contributed by atoms with Crippen LogP contribution in [0.3, 0.4) is 0 Å². The lowest BCUT2D eigenvalue weighted by molar-refractivity contribution is 0.926. The Balaban J connectivity index is 2.59. The molecule has 1 unspecified atom stereocenters. The standard InChI is InChI=1S/C11H13N3S/c1-7-3-4-14-9(8(2)11(12)15)6-13-10(14)5-7/h3-6,8H,1-2H3,(H2,12,15). The highest BCUT2D eigenvalue weighted by molar-refractivity contribution is 7.80. The second kappa shape index (κ2) is 3.62. The number of fused-ring (bicyclic) bond motifs is 1. The summed E-state index contributed by atoms with van der Waals surface area (Å²) >= 11 is 4.99. The lowest BCUT2D eigenvalue weighted by Crippen LogP contribution is -2.17. The number of imidazole rings is 1. The van der Waals surface area contributed by atoms with Crippen LogP contribution in [-0.2, 0) is 0 Å². The maximum atomic E-state index is 5.64. The van der Waals surface area contributed by atoms with Gasteiger partial charge in [0.15, 0.2) is 0 Å². The predicted molar refractivity (Wildman–Crippen MR) is 65.1 cm³/mol. The van der Waals surface area contributed by atoms with Crippen LogP contribution in [0.1, 0.15) is 24.1 Å². The summed E-state index contributed by atoms with van der Waals surface area (Å²) in [5, 5.41) is 0. The number of hydrogen-bond donors (Lipinski definition) is 1. The van der Waals surface area contributed by atoms with Gasteiger partial charge < -0.3 is 10.1 Å². The second-order valence-corrected chi connectivity index (χ2v) is 4.21. The molecule has 0 aliphatic carbocycles. The lowest BCUT2D eigenvalue weighted by atomic mass is 10.1. The number of hydrogen-bond acceptors (Lipinski definition) is 2. The van der Waals surface area contributed by atoms with Crippen molar-refractivity contribution in [1.82, 2.24) is 9.38 Å². The Morgan fingerprint density at radius 2 is 2.33 bits per heavy atom. The molecule has 1 atom stereocenters. The molecule has 0 aliphatic rings. The molecule has 0 saturated heterocycles. The van der Waals surface area contributed by atoms with Crippen LogP contribution in [0.2, 0.25) is 0 Å². The molecular formula is C11H13N3S. The molecule has 2 rings (SSSR count). The van der Waals surface area contributed by atoms with E-state index in [2.05, 4.69) is 4.98 Å². The zero-order chi connectivity index (χ0) is 11.0. The summed E-state index contributed by atoms with van der Waals surface area (Å²) in [4.78, 5) is 4.83. The number of rotatable bonds is 2. The quantitative estimate of drug-likeness (QED) is 0.786. The van der Waals surface area contributed by atoms with Crippen molar-refractivity contribution in [2.24, 2.45) is 5.73 Å². The molecule has 2 aromatic rings. The van der Waals surface area contributed by atoms with Crippen LogP contribution in [0, 0.1) is 6.92 Å². The van der Waals surface area contributed by atoms with Gasteiger partial charge in [0.1, 0.15) is 5.65 Å². The van der Waals surface area contributed by atoms with Crippen molar-refractivity contribution in [1.29, 1.82) is 0 Å². The van der Waals surface area contributed by atoms with Gasteiger partial charge in [-0.25, -0.2) is 4.98 Å². The third-order valence-electron chi connectivity index (χ3n) is 2.57. The summed E-state index contributed by atoms with van der Waals surface area (Å²) < 4.78 is 2.02. The van der Waals surface area contributed by atoms with Gasteiger partial charge in [0, 0.05) is 18.3 Å². The number of thiocarbonyl (C=S) groups is 1. The minimum Gasteiger partial charge on any atom is -0.393 e. The Morgan fingerprint density at radius 1 is 1.60 bits per heavy atom. The van der Waals surface area contributed by atoms with Crippen LogP contribution in [0.15, 0.2) is 24.5 Å². The van der Waals surface area contributed by atoms with Gasteiger partial charge in [-0.1, -0.05) is 19.1 Å². The van der Waals surface area contributed by atoms with Crippen molar-refractivity contribution < 1.29 is 0 Å². The van der Waals surface area contributed by atoms with E-state index >= 15 is 0 Å². The average Bonchev–Trinajstić information content (AvgIpc) is 2.59. The Bertz CT molecular complexity index is 516. The van der Waals surface area contributed by atoms with Gasteiger partial charge in [0.05, 0.1) is 10.7 Å². The topological polar surface area (TPSA) is 43.3 Å². The average molecular weight is 219 g/mol. The molecule has 2 heterocycles. The highest BCUT2D eigenvalue weighted by Gasteiger charge is 2.13. The lowest BCUT2D eigenvalue weighted by Gasteiger charge is -2.08. The SMILES string of the molecule is Cc1ccn2c(C(C)C(N)=S)cnc2c1. The molecule has 0 radical (unpaired) electrons. The van der Waals surface area contributed by atoms with Crippen molar-refractivity contribution in [3.05, 3.63) is 35.8 Å². The van der Waals surface area contributed by atoms with E-state index in [0.717, 1.165) is 11.3 Å². The fraction of sp³-hybridized carbons (Fsp3) is 0.273. The van der Waals surface area contributed by atoms with Gasteiger partial charge >= 0.3 is 0 Å². The molecular weight excluding hydrogens is 206 g/mol. The highest BCUT2D eigenvalue weighted by Crippen LogP contribution is 2.17. The Hall–Kier alpha value is -1.42. The molecule has 0 aromatic carbocycles. The molecule has 0 bridgehead atoms. The van der Waals surface area contributed by atoms with E-state index in [1.165, 1.54) is 5.56 Å². The molecule has 2 N–H and O–H groups in total. The predicted octanol–water partition coefficient (Wildman–Crippen LogP) is 2.03. The molecule has 78 valence electrons. The molecule has 4 heteroatoms. The zero-order valence-corrected chi connectivity index (χ0v) is 9.58. The monoisotopic (exact) mass is 219 g/mol. The van der Waals surface area contributed by atoms with Crippen LogP contribution >= 0.6 is 12.2 Å².